The van der Waals surface area contributed by atoms with Crippen molar-refractivity contribution in [2.24, 2.45) is 0 Å². The first kappa shape index (κ1) is 13.1. The highest BCUT2D eigenvalue weighted by Gasteiger charge is 2.12. The Hall–Kier alpha value is -0.380. The highest BCUT2D eigenvalue weighted by atomic mass is 32.1. The molecule has 2 nitrogen and oxygen atoms in total. The van der Waals surface area contributed by atoms with Gasteiger partial charge < -0.3 is 10.2 Å². The zero-order chi connectivity index (χ0) is 12.1. The van der Waals surface area contributed by atoms with Crippen molar-refractivity contribution in [3.8, 4) is 0 Å². The molecule has 0 saturated heterocycles. The van der Waals surface area contributed by atoms with Gasteiger partial charge in [-0.3, -0.25) is 0 Å². The minimum Gasteiger partial charge on any atom is -0.318 e. The molecular formula is C14H24N2S. The predicted molar refractivity (Wildman–Crippen MR) is 75.8 cm³/mol. The minimum absolute atomic E-state index is 1.07. The number of thiophene rings is 1. The van der Waals surface area contributed by atoms with Crippen LogP contribution in [0.4, 0.5) is 0 Å². The van der Waals surface area contributed by atoms with Crippen molar-refractivity contribution in [2.45, 2.75) is 38.6 Å². The second kappa shape index (κ2) is 6.53. The van der Waals surface area contributed by atoms with Crippen molar-refractivity contribution in [2.75, 3.05) is 27.2 Å². The van der Waals surface area contributed by atoms with Crippen molar-refractivity contribution in [3.05, 3.63) is 21.4 Å². The molecule has 1 aromatic heterocycles. The van der Waals surface area contributed by atoms with Crippen LogP contribution in [-0.4, -0.2) is 32.1 Å². The third-order valence-electron chi connectivity index (χ3n) is 3.47. The summed E-state index contributed by atoms with van der Waals surface area (Å²) in [5.74, 6) is 0. The Bertz CT molecular complexity index is 322. The molecule has 1 heterocycles. The summed E-state index contributed by atoms with van der Waals surface area (Å²) in [6.07, 6.45) is 6.83. The number of fused-ring (bicyclic) bond motifs is 1. The Labute approximate surface area is 109 Å². The molecule has 0 spiro atoms. The molecule has 1 aliphatic carbocycles. The van der Waals surface area contributed by atoms with Crippen molar-refractivity contribution in [3.63, 3.8) is 0 Å². The van der Waals surface area contributed by atoms with Gasteiger partial charge in [0.1, 0.15) is 0 Å². The molecule has 2 rings (SSSR count). The molecule has 0 radical (unpaired) electrons. The van der Waals surface area contributed by atoms with E-state index in [0.717, 1.165) is 19.6 Å². The van der Waals surface area contributed by atoms with Gasteiger partial charge in [0.05, 0.1) is 0 Å². The maximum Gasteiger partial charge on any atom is 0.0325 e. The Morgan fingerprint density at radius 3 is 2.94 bits per heavy atom. The first-order chi connectivity index (χ1) is 8.29. The largest absolute Gasteiger partial charge is 0.318 e. The van der Waals surface area contributed by atoms with Crippen LogP contribution in [0.3, 0.4) is 0 Å². The first-order valence-corrected chi connectivity index (χ1v) is 7.55. The molecule has 0 saturated carbocycles. The van der Waals surface area contributed by atoms with Gasteiger partial charge in [-0.25, -0.2) is 0 Å². The second-order valence-corrected chi connectivity index (χ2v) is 6.28. The molecular weight excluding hydrogens is 228 g/mol. The standard InChI is InChI=1S/C14H24N2S/c1-15-8-9-16(2)11-13-10-12-6-4-3-5-7-14(12)17-13/h10,15H,3-9,11H2,1-2H3. The summed E-state index contributed by atoms with van der Waals surface area (Å²) in [5, 5.41) is 3.20. The summed E-state index contributed by atoms with van der Waals surface area (Å²) in [6, 6.07) is 2.46. The van der Waals surface area contributed by atoms with Gasteiger partial charge in [0.15, 0.2) is 0 Å². The van der Waals surface area contributed by atoms with Crippen LogP contribution in [0.2, 0.25) is 0 Å². The lowest BCUT2D eigenvalue weighted by molar-refractivity contribution is 0.331. The number of hydrogen-bond acceptors (Lipinski definition) is 3. The van der Waals surface area contributed by atoms with Gasteiger partial charge in [-0.15, -0.1) is 11.3 Å². The average Bonchev–Trinajstić information content (AvgIpc) is 2.56. The summed E-state index contributed by atoms with van der Waals surface area (Å²) < 4.78 is 0. The van der Waals surface area contributed by atoms with E-state index >= 15 is 0 Å². The molecule has 0 bridgehead atoms. The summed E-state index contributed by atoms with van der Waals surface area (Å²) in [7, 11) is 4.23. The first-order valence-electron chi connectivity index (χ1n) is 6.73. The van der Waals surface area contributed by atoms with Crippen molar-refractivity contribution < 1.29 is 0 Å². The maximum atomic E-state index is 3.20. The van der Waals surface area contributed by atoms with Gasteiger partial charge in [0.2, 0.25) is 0 Å². The van der Waals surface area contributed by atoms with Crippen LogP contribution in [0.15, 0.2) is 6.07 Å². The molecule has 0 aliphatic heterocycles. The molecule has 0 atom stereocenters. The third-order valence-corrected chi connectivity index (χ3v) is 4.69. The van der Waals surface area contributed by atoms with Crippen LogP contribution in [0.1, 0.15) is 34.6 Å². The molecule has 3 heteroatoms. The van der Waals surface area contributed by atoms with Gasteiger partial charge >= 0.3 is 0 Å². The maximum absolute atomic E-state index is 3.20. The average molecular weight is 252 g/mol. The predicted octanol–water partition coefficient (Wildman–Crippen LogP) is 2.67. The number of nitrogens with one attached hydrogen (secondary N) is 1. The van der Waals surface area contributed by atoms with E-state index in [9.17, 15) is 0 Å². The number of likely N-dealkylation sites (N-methyl/N-ethyl adjacent to an activating group) is 2. The second-order valence-electron chi connectivity index (χ2n) is 5.06. The Balaban J connectivity index is 1.93. The summed E-state index contributed by atoms with van der Waals surface area (Å²) >= 11 is 2.05. The number of aryl methyl sites for hydroxylation is 2. The van der Waals surface area contributed by atoms with E-state index in [1.807, 2.05) is 18.4 Å². The highest BCUT2D eigenvalue weighted by molar-refractivity contribution is 7.12. The Kier molecular flexibility index (Phi) is 5.01. The fourth-order valence-corrected chi connectivity index (χ4v) is 3.80. The third kappa shape index (κ3) is 3.80. The molecule has 1 aliphatic rings. The number of rotatable bonds is 5. The molecule has 0 aromatic carbocycles. The normalized spacial score (nSPS) is 15.9. The zero-order valence-corrected chi connectivity index (χ0v) is 11.9. The molecule has 17 heavy (non-hydrogen) atoms. The fraction of sp³-hybridized carbons (Fsp3) is 0.714. The molecule has 1 N–H and O–H groups in total. The van der Waals surface area contributed by atoms with Crippen LogP contribution in [-0.2, 0) is 19.4 Å². The minimum atomic E-state index is 1.07. The van der Waals surface area contributed by atoms with E-state index in [-0.39, 0.29) is 0 Å². The summed E-state index contributed by atoms with van der Waals surface area (Å²) in [6.45, 7) is 3.31. The lowest BCUT2D eigenvalue weighted by Gasteiger charge is -2.14. The summed E-state index contributed by atoms with van der Waals surface area (Å²) in [4.78, 5) is 5.62. The fourth-order valence-electron chi connectivity index (χ4n) is 2.45. The number of hydrogen-bond donors (Lipinski definition) is 1. The van der Waals surface area contributed by atoms with Crippen LogP contribution < -0.4 is 5.32 Å². The quantitative estimate of drug-likeness (QED) is 0.811. The molecule has 0 amide bonds. The monoisotopic (exact) mass is 252 g/mol. The van der Waals surface area contributed by atoms with E-state index < -0.39 is 0 Å². The van der Waals surface area contributed by atoms with Crippen LogP contribution >= 0.6 is 11.3 Å². The Morgan fingerprint density at radius 1 is 1.29 bits per heavy atom. The van der Waals surface area contributed by atoms with Gasteiger partial charge in [-0.1, -0.05) is 6.42 Å². The van der Waals surface area contributed by atoms with Crippen LogP contribution in [0, 0.1) is 0 Å². The van der Waals surface area contributed by atoms with Gasteiger partial charge in [0.25, 0.3) is 0 Å². The van der Waals surface area contributed by atoms with Crippen molar-refractivity contribution >= 4 is 11.3 Å². The van der Waals surface area contributed by atoms with E-state index in [4.69, 9.17) is 0 Å². The van der Waals surface area contributed by atoms with Gasteiger partial charge in [-0.05, 0) is 51.4 Å². The highest BCUT2D eigenvalue weighted by Crippen LogP contribution is 2.29. The SMILES string of the molecule is CNCCN(C)Cc1cc2c(s1)CCCCC2. The molecule has 0 fully saturated rings. The lowest BCUT2D eigenvalue weighted by Crippen LogP contribution is -2.26. The smallest absolute Gasteiger partial charge is 0.0325 e. The topological polar surface area (TPSA) is 15.3 Å². The van der Waals surface area contributed by atoms with Gasteiger partial charge in [-0.2, -0.15) is 0 Å². The van der Waals surface area contributed by atoms with E-state index in [2.05, 4.69) is 23.3 Å². The molecule has 0 unspecified atom stereocenters. The Morgan fingerprint density at radius 2 is 2.12 bits per heavy atom. The molecule has 1 aromatic rings. The van der Waals surface area contributed by atoms with E-state index in [1.165, 1.54) is 32.1 Å². The number of nitrogens with zero attached hydrogens (tertiary/aromatic N) is 1. The lowest BCUT2D eigenvalue weighted by atomic mass is 10.1. The van der Waals surface area contributed by atoms with E-state index in [0.29, 0.717) is 0 Å². The van der Waals surface area contributed by atoms with Gasteiger partial charge in [0, 0.05) is 29.4 Å². The van der Waals surface area contributed by atoms with Crippen molar-refractivity contribution in [1.29, 1.82) is 0 Å². The summed E-state index contributed by atoms with van der Waals surface area (Å²) in [5.41, 5.74) is 1.64. The van der Waals surface area contributed by atoms with Crippen LogP contribution in [0.25, 0.3) is 0 Å². The van der Waals surface area contributed by atoms with Crippen molar-refractivity contribution in [1.82, 2.24) is 10.2 Å². The molecule has 96 valence electrons. The zero-order valence-electron chi connectivity index (χ0n) is 11.1. The van der Waals surface area contributed by atoms with E-state index in [1.54, 1.807) is 15.3 Å². The van der Waals surface area contributed by atoms with Crippen LogP contribution in [0.5, 0.6) is 0 Å².